The first-order valence-electron chi connectivity index (χ1n) is 13.6. The second-order valence-corrected chi connectivity index (χ2v) is 11.4. The number of aryl methyl sites for hydroxylation is 1. The minimum absolute atomic E-state index is 0.0206. The van der Waals surface area contributed by atoms with Gasteiger partial charge in [0.25, 0.3) is 0 Å². The molecule has 1 aliphatic carbocycles. The summed E-state index contributed by atoms with van der Waals surface area (Å²) < 4.78 is 41.8. The van der Waals surface area contributed by atoms with Crippen molar-refractivity contribution < 1.29 is 22.8 Å². The number of alkyl halides is 3. The fourth-order valence-corrected chi connectivity index (χ4v) is 6.05. The number of halogens is 5. The number of amides is 2. The largest absolute Gasteiger partial charge is 0.416 e. The summed E-state index contributed by atoms with van der Waals surface area (Å²) in [4.78, 5) is 38.9. The standard InChI is InChI=1S/C27H33Cl2F3N8O2/c1-14-24(38-25(34-3)36-18-5-4-10-39(13-18)15(2)41)40(19-8-6-16(7-9-19)23(33)42)26(35-14)37-22-20(28)11-17(12-21(22)29)27(30,31)32/h11-12,16,18-19H,3-10,13H2,1-2H3,(H2,33,42)(H,35,37)(H,36,38)/t16?,18-,19?/m1/s1. The number of nitrogens with two attached hydrogens (primary N) is 1. The molecule has 42 heavy (non-hydrogen) atoms. The molecule has 1 atom stereocenters. The highest BCUT2D eigenvalue weighted by Crippen LogP contribution is 2.42. The molecule has 4 rings (SSSR count). The van der Waals surface area contributed by atoms with Crippen LogP contribution in [0.5, 0.6) is 0 Å². The molecule has 1 aromatic carbocycles. The quantitative estimate of drug-likeness (QED) is 0.268. The summed E-state index contributed by atoms with van der Waals surface area (Å²) >= 11 is 12.5. The highest BCUT2D eigenvalue weighted by molar-refractivity contribution is 6.39. The maximum atomic E-state index is 13.3. The minimum Gasteiger partial charge on any atom is -0.369 e. The summed E-state index contributed by atoms with van der Waals surface area (Å²) in [6.07, 6.45) is -0.747. The highest BCUT2D eigenvalue weighted by Gasteiger charge is 2.33. The van der Waals surface area contributed by atoms with Crippen molar-refractivity contribution in [1.82, 2.24) is 14.5 Å². The van der Waals surface area contributed by atoms with Crippen LogP contribution in [0.15, 0.2) is 22.1 Å². The lowest BCUT2D eigenvalue weighted by molar-refractivity contribution is -0.137. The highest BCUT2D eigenvalue weighted by atomic mass is 35.5. The van der Waals surface area contributed by atoms with Crippen LogP contribution in [-0.2, 0) is 15.8 Å². The predicted octanol–water partition coefficient (Wildman–Crippen LogP) is 5.96. The van der Waals surface area contributed by atoms with Gasteiger partial charge in [0, 0.05) is 32.0 Å². The number of nitrogens with one attached hydrogen (secondary N) is 2. The summed E-state index contributed by atoms with van der Waals surface area (Å²) in [6.45, 7) is 8.08. The number of hydrogen-bond acceptors (Lipinski definition) is 5. The number of nitrogens with zero attached hydrogens (tertiary/aromatic N) is 5. The molecule has 0 radical (unpaired) electrons. The SMILES string of the molecule is C=NC(=N[C@@H]1CCCN(C(C)=O)C1)Nc1c(C)nc(Nc2c(Cl)cc(C(F)(F)F)cc2Cl)n1C1CCC(C(N)=O)CC1. The van der Waals surface area contributed by atoms with Gasteiger partial charge in [0.15, 0.2) is 0 Å². The maximum absolute atomic E-state index is 13.3. The Morgan fingerprint density at radius 3 is 2.33 bits per heavy atom. The maximum Gasteiger partial charge on any atom is 0.416 e. The van der Waals surface area contributed by atoms with Crippen LogP contribution < -0.4 is 16.4 Å². The zero-order chi connectivity index (χ0) is 30.8. The van der Waals surface area contributed by atoms with Crippen LogP contribution in [0.4, 0.5) is 30.6 Å². The van der Waals surface area contributed by atoms with Crippen molar-refractivity contribution in [2.45, 2.75) is 70.6 Å². The van der Waals surface area contributed by atoms with E-state index in [2.05, 4.69) is 27.3 Å². The van der Waals surface area contributed by atoms with Crippen LogP contribution in [0.1, 0.15) is 62.7 Å². The van der Waals surface area contributed by atoms with E-state index in [-0.39, 0.29) is 57.5 Å². The monoisotopic (exact) mass is 628 g/mol. The molecule has 1 saturated heterocycles. The third-order valence-electron chi connectivity index (χ3n) is 7.68. The number of carbonyl (C=O) groups is 2. The van der Waals surface area contributed by atoms with Crippen LogP contribution >= 0.6 is 23.2 Å². The fourth-order valence-electron chi connectivity index (χ4n) is 5.46. The molecule has 2 heterocycles. The van der Waals surface area contributed by atoms with E-state index in [0.717, 1.165) is 25.0 Å². The van der Waals surface area contributed by atoms with E-state index in [4.69, 9.17) is 33.9 Å². The Morgan fingerprint density at radius 1 is 1.14 bits per heavy atom. The van der Waals surface area contributed by atoms with Gasteiger partial charge in [-0.15, -0.1) is 0 Å². The molecule has 0 spiro atoms. The molecule has 2 amide bonds. The number of rotatable bonds is 6. The van der Waals surface area contributed by atoms with Gasteiger partial charge in [0.1, 0.15) is 5.82 Å². The average Bonchev–Trinajstić information content (AvgIpc) is 3.23. The Balaban J connectivity index is 1.70. The Morgan fingerprint density at radius 2 is 1.79 bits per heavy atom. The van der Waals surface area contributed by atoms with Gasteiger partial charge in [-0.25, -0.2) is 15.0 Å². The number of benzene rings is 1. The number of guanidine groups is 1. The van der Waals surface area contributed by atoms with Crippen molar-refractivity contribution in [3.8, 4) is 0 Å². The first-order chi connectivity index (χ1) is 19.8. The van der Waals surface area contributed by atoms with Crippen LogP contribution in [0.3, 0.4) is 0 Å². The second-order valence-electron chi connectivity index (χ2n) is 10.6. The van der Waals surface area contributed by atoms with Crippen molar-refractivity contribution in [2.75, 3.05) is 23.7 Å². The van der Waals surface area contributed by atoms with E-state index in [9.17, 15) is 22.8 Å². The van der Waals surface area contributed by atoms with Gasteiger partial charge >= 0.3 is 6.18 Å². The summed E-state index contributed by atoms with van der Waals surface area (Å²) in [7, 11) is 0. The smallest absolute Gasteiger partial charge is 0.369 e. The molecular weight excluding hydrogens is 596 g/mol. The summed E-state index contributed by atoms with van der Waals surface area (Å²) in [6, 6.07) is 1.26. The number of aromatic nitrogens is 2. The van der Waals surface area contributed by atoms with E-state index in [1.54, 1.807) is 11.8 Å². The lowest BCUT2D eigenvalue weighted by Crippen LogP contribution is -2.41. The zero-order valence-electron chi connectivity index (χ0n) is 23.3. The van der Waals surface area contributed by atoms with Gasteiger partial charge in [-0.3, -0.25) is 14.2 Å². The van der Waals surface area contributed by atoms with Gasteiger partial charge < -0.3 is 21.3 Å². The first-order valence-corrected chi connectivity index (χ1v) is 14.3. The molecule has 2 fully saturated rings. The molecule has 0 unspecified atom stereocenters. The molecule has 0 bridgehead atoms. The number of imidazole rings is 1. The van der Waals surface area contributed by atoms with Crippen LogP contribution in [0.25, 0.3) is 0 Å². The topological polar surface area (TPSA) is 130 Å². The number of likely N-dealkylation sites (tertiary alicyclic amines) is 1. The van der Waals surface area contributed by atoms with Gasteiger partial charge in [-0.05, 0) is 64.3 Å². The van der Waals surface area contributed by atoms with Crippen LogP contribution in [-0.4, -0.2) is 58.1 Å². The summed E-state index contributed by atoms with van der Waals surface area (Å²) in [5.41, 5.74) is 5.18. The Hall–Kier alpha value is -3.32. The number of hydrogen-bond donors (Lipinski definition) is 3. The van der Waals surface area contributed by atoms with Gasteiger partial charge in [0.2, 0.25) is 23.7 Å². The molecule has 10 nitrogen and oxygen atoms in total. The molecule has 1 saturated carbocycles. The third kappa shape index (κ3) is 7.17. The van der Waals surface area contributed by atoms with Crippen LogP contribution in [0, 0.1) is 12.8 Å². The normalized spacial score (nSPS) is 21.6. The summed E-state index contributed by atoms with van der Waals surface area (Å²) in [5.74, 6) is 0.424. The average molecular weight is 630 g/mol. The third-order valence-corrected chi connectivity index (χ3v) is 8.28. The van der Waals surface area contributed by atoms with Crippen molar-refractivity contribution in [3.05, 3.63) is 33.4 Å². The second kappa shape index (κ2) is 12.9. The van der Waals surface area contributed by atoms with Crippen LogP contribution in [0.2, 0.25) is 10.0 Å². The van der Waals surface area contributed by atoms with E-state index in [1.807, 2.05) is 4.57 Å². The van der Waals surface area contributed by atoms with Crippen molar-refractivity contribution in [1.29, 1.82) is 0 Å². The van der Waals surface area contributed by atoms with Gasteiger partial charge in [0.05, 0.1) is 33.0 Å². The molecule has 4 N–H and O–H groups in total. The van der Waals surface area contributed by atoms with E-state index >= 15 is 0 Å². The van der Waals surface area contributed by atoms with Crippen molar-refractivity contribution >= 4 is 65.1 Å². The van der Waals surface area contributed by atoms with Crippen molar-refractivity contribution in [3.63, 3.8) is 0 Å². The Bertz CT molecular complexity index is 1360. The lowest BCUT2D eigenvalue weighted by atomic mass is 9.85. The number of aliphatic imine (C=N–C) groups is 2. The Labute approximate surface area is 251 Å². The minimum atomic E-state index is -4.62. The molecular formula is C27H33Cl2F3N8O2. The zero-order valence-corrected chi connectivity index (χ0v) is 24.8. The van der Waals surface area contributed by atoms with E-state index < -0.39 is 11.7 Å². The first kappa shape index (κ1) is 31.6. The fraction of sp³-hybridized carbons (Fsp3) is 0.519. The number of piperidine rings is 1. The number of primary amides is 1. The van der Waals surface area contributed by atoms with Gasteiger partial charge in [-0.1, -0.05) is 23.2 Å². The summed E-state index contributed by atoms with van der Waals surface area (Å²) in [5, 5.41) is 5.80. The van der Waals surface area contributed by atoms with E-state index in [0.29, 0.717) is 50.3 Å². The molecule has 15 heteroatoms. The van der Waals surface area contributed by atoms with Gasteiger partial charge in [-0.2, -0.15) is 13.2 Å². The molecule has 228 valence electrons. The molecule has 2 aromatic rings. The lowest BCUT2D eigenvalue weighted by Gasteiger charge is -2.31. The molecule has 1 aromatic heterocycles. The molecule has 2 aliphatic rings. The predicted molar refractivity (Wildman–Crippen MR) is 158 cm³/mol. The number of carbonyl (C=O) groups excluding carboxylic acids is 2. The molecule has 1 aliphatic heterocycles. The van der Waals surface area contributed by atoms with E-state index in [1.165, 1.54) is 6.92 Å². The number of anilines is 3. The van der Waals surface area contributed by atoms with Crippen molar-refractivity contribution in [2.24, 2.45) is 21.6 Å². The Kier molecular flexibility index (Phi) is 9.71.